The molecule has 3 rings (SSSR count). The molecule has 1 heteroatoms. The van der Waals surface area contributed by atoms with Crippen LogP contribution in [0.2, 0.25) is 0 Å². The molecule has 0 aromatic rings. The first-order valence-electron chi connectivity index (χ1n) is 4.77. The molecular formula is C10H16O. The number of hydrogen-bond donors (Lipinski definition) is 0. The quantitative estimate of drug-likeness (QED) is 0.485. The van der Waals surface area contributed by atoms with E-state index < -0.39 is 0 Å². The molecule has 1 heterocycles. The average Bonchev–Trinajstić information content (AvgIpc) is 2.68. The molecule has 62 valence electrons. The normalized spacial score (nSPS) is 63.0. The summed E-state index contributed by atoms with van der Waals surface area (Å²) in [4.78, 5) is 0. The predicted octanol–water partition coefficient (Wildman–Crippen LogP) is 2.21. The number of hydrogen-bond acceptors (Lipinski definition) is 1. The van der Waals surface area contributed by atoms with Crippen molar-refractivity contribution in [3.05, 3.63) is 0 Å². The van der Waals surface area contributed by atoms with Crippen molar-refractivity contribution in [3.63, 3.8) is 0 Å². The van der Waals surface area contributed by atoms with E-state index in [2.05, 4.69) is 20.8 Å². The third-order valence-electron chi connectivity index (χ3n) is 4.33. The lowest BCUT2D eigenvalue weighted by atomic mass is 9.91. The molecule has 1 saturated heterocycles. The standard InChI is InChI=1S/C10H16O/c1-6-4-7-9(2,3)10(7)8(5-6)11-10/h6-8H,4-5H2,1-3H3. The summed E-state index contributed by atoms with van der Waals surface area (Å²) in [5, 5.41) is 0. The number of rotatable bonds is 0. The Balaban J connectivity index is 1.93. The zero-order chi connectivity index (χ0) is 7.85. The molecule has 0 bridgehead atoms. The molecule has 2 aliphatic carbocycles. The van der Waals surface area contributed by atoms with Gasteiger partial charge in [0.15, 0.2) is 0 Å². The van der Waals surface area contributed by atoms with Gasteiger partial charge in [-0.15, -0.1) is 0 Å². The van der Waals surface area contributed by atoms with Crippen molar-refractivity contribution in [1.82, 2.24) is 0 Å². The Morgan fingerprint density at radius 1 is 1.27 bits per heavy atom. The van der Waals surface area contributed by atoms with Crippen molar-refractivity contribution >= 4 is 0 Å². The minimum Gasteiger partial charge on any atom is -0.365 e. The van der Waals surface area contributed by atoms with Gasteiger partial charge in [0.05, 0.1) is 6.10 Å². The van der Waals surface area contributed by atoms with Gasteiger partial charge in [0, 0.05) is 5.41 Å². The van der Waals surface area contributed by atoms with Crippen LogP contribution in [0, 0.1) is 17.3 Å². The minimum absolute atomic E-state index is 0.388. The van der Waals surface area contributed by atoms with Gasteiger partial charge in [-0.05, 0) is 24.7 Å². The van der Waals surface area contributed by atoms with Crippen molar-refractivity contribution in [2.24, 2.45) is 17.3 Å². The summed E-state index contributed by atoms with van der Waals surface area (Å²) in [6.45, 7) is 7.10. The molecule has 0 N–H and O–H groups in total. The lowest BCUT2D eigenvalue weighted by Crippen LogP contribution is -2.11. The summed E-state index contributed by atoms with van der Waals surface area (Å²) in [5.74, 6) is 1.80. The van der Waals surface area contributed by atoms with Gasteiger partial charge in [-0.1, -0.05) is 20.8 Å². The summed E-state index contributed by atoms with van der Waals surface area (Å²) in [7, 11) is 0. The molecule has 1 aliphatic heterocycles. The molecule has 11 heavy (non-hydrogen) atoms. The highest BCUT2D eigenvalue weighted by molar-refractivity contribution is 5.33. The maximum atomic E-state index is 5.83. The molecule has 0 aromatic carbocycles. The van der Waals surface area contributed by atoms with E-state index in [0.717, 1.165) is 11.8 Å². The highest BCUT2D eigenvalue weighted by atomic mass is 16.6. The van der Waals surface area contributed by atoms with Crippen LogP contribution in [-0.4, -0.2) is 11.7 Å². The van der Waals surface area contributed by atoms with Crippen LogP contribution in [0.25, 0.3) is 0 Å². The molecule has 3 fully saturated rings. The lowest BCUT2D eigenvalue weighted by Gasteiger charge is -2.11. The summed E-state index contributed by atoms with van der Waals surface area (Å²) in [6.07, 6.45) is 3.37. The molecule has 2 saturated carbocycles. The maximum Gasteiger partial charge on any atom is 0.104 e. The third-order valence-corrected chi connectivity index (χ3v) is 4.33. The van der Waals surface area contributed by atoms with Crippen LogP contribution in [0.3, 0.4) is 0 Å². The summed E-state index contributed by atoms with van der Waals surface area (Å²) in [5.41, 5.74) is 0.905. The van der Waals surface area contributed by atoms with Gasteiger partial charge >= 0.3 is 0 Å². The van der Waals surface area contributed by atoms with Crippen molar-refractivity contribution < 1.29 is 4.74 Å². The fourth-order valence-corrected chi connectivity index (χ4v) is 3.50. The van der Waals surface area contributed by atoms with Gasteiger partial charge in [-0.25, -0.2) is 0 Å². The highest BCUT2D eigenvalue weighted by Crippen LogP contribution is 2.79. The Hall–Kier alpha value is -0.0400. The van der Waals surface area contributed by atoms with Crippen LogP contribution >= 0.6 is 0 Å². The molecule has 0 aromatic heterocycles. The van der Waals surface area contributed by atoms with Gasteiger partial charge in [0.2, 0.25) is 0 Å². The Bertz CT molecular complexity index is 221. The first-order chi connectivity index (χ1) is 5.09. The lowest BCUT2D eigenvalue weighted by molar-refractivity contribution is 0.320. The molecule has 4 unspecified atom stereocenters. The Morgan fingerprint density at radius 3 is 2.64 bits per heavy atom. The molecular weight excluding hydrogens is 136 g/mol. The minimum atomic E-state index is 0.388. The van der Waals surface area contributed by atoms with Gasteiger partial charge < -0.3 is 4.74 Å². The number of ether oxygens (including phenoxy) is 1. The second kappa shape index (κ2) is 1.39. The monoisotopic (exact) mass is 152 g/mol. The molecule has 1 nitrogen and oxygen atoms in total. The molecule has 0 radical (unpaired) electrons. The van der Waals surface area contributed by atoms with E-state index in [-0.39, 0.29) is 0 Å². The Labute approximate surface area is 68.1 Å². The zero-order valence-electron chi connectivity index (χ0n) is 7.55. The molecule has 1 spiro atoms. The van der Waals surface area contributed by atoms with Crippen molar-refractivity contribution in [2.45, 2.75) is 45.3 Å². The zero-order valence-corrected chi connectivity index (χ0v) is 7.55. The summed E-state index contributed by atoms with van der Waals surface area (Å²) >= 11 is 0. The topological polar surface area (TPSA) is 12.5 Å². The number of epoxide rings is 1. The smallest absolute Gasteiger partial charge is 0.104 e. The Morgan fingerprint density at radius 2 is 2.00 bits per heavy atom. The van der Waals surface area contributed by atoms with E-state index >= 15 is 0 Å². The maximum absolute atomic E-state index is 5.83. The summed E-state index contributed by atoms with van der Waals surface area (Å²) in [6, 6.07) is 0. The van der Waals surface area contributed by atoms with Gasteiger partial charge in [0.1, 0.15) is 5.60 Å². The average molecular weight is 152 g/mol. The fourth-order valence-electron chi connectivity index (χ4n) is 3.50. The SMILES string of the molecule is CC1CC2OC23C(C1)C3(C)C. The fraction of sp³-hybridized carbons (Fsp3) is 1.00. The van der Waals surface area contributed by atoms with E-state index in [9.17, 15) is 0 Å². The van der Waals surface area contributed by atoms with Crippen LogP contribution in [0.15, 0.2) is 0 Å². The van der Waals surface area contributed by atoms with Gasteiger partial charge in [-0.3, -0.25) is 0 Å². The second-order valence-electron chi connectivity index (χ2n) is 5.25. The van der Waals surface area contributed by atoms with Gasteiger partial charge in [-0.2, -0.15) is 0 Å². The van der Waals surface area contributed by atoms with E-state index in [1.807, 2.05) is 0 Å². The van der Waals surface area contributed by atoms with Crippen molar-refractivity contribution in [1.29, 1.82) is 0 Å². The first kappa shape index (κ1) is 6.47. The third kappa shape index (κ3) is 0.488. The van der Waals surface area contributed by atoms with E-state index in [4.69, 9.17) is 4.74 Å². The molecule has 3 aliphatic rings. The highest BCUT2D eigenvalue weighted by Gasteiger charge is 2.86. The second-order valence-corrected chi connectivity index (χ2v) is 5.25. The van der Waals surface area contributed by atoms with Crippen LogP contribution in [-0.2, 0) is 4.74 Å². The van der Waals surface area contributed by atoms with Crippen LogP contribution in [0.1, 0.15) is 33.6 Å². The van der Waals surface area contributed by atoms with Gasteiger partial charge in [0.25, 0.3) is 0 Å². The molecule has 4 atom stereocenters. The van der Waals surface area contributed by atoms with Crippen molar-refractivity contribution in [3.8, 4) is 0 Å². The largest absolute Gasteiger partial charge is 0.365 e. The Kier molecular flexibility index (Phi) is 0.820. The van der Waals surface area contributed by atoms with E-state index in [1.54, 1.807) is 0 Å². The first-order valence-corrected chi connectivity index (χ1v) is 4.77. The van der Waals surface area contributed by atoms with Crippen molar-refractivity contribution in [2.75, 3.05) is 0 Å². The van der Waals surface area contributed by atoms with E-state index in [0.29, 0.717) is 17.1 Å². The summed E-state index contributed by atoms with van der Waals surface area (Å²) < 4.78 is 5.83. The van der Waals surface area contributed by atoms with E-state index in [1.165, 1.54) is 12.8 Å². The van der Waals surface area contributed by atoms with Crippen LogP contribution in [0.4, 0.5) is 0 Å². The predicted molar refractivity (Wildman–Crippen MR) is 43.3 cm³/mol. The van der Waals surface area contributed by atoms with Crippen LogP contribution in [0.5, 0.6) is 0 Å². The van der Waals surface area contributed by atoms with Crippen LogP contribution < -0.4 is 0 Å². The molecule has 0 amide bonds.